The zero-order valence-corrected chi connectivity index (χ0v) is 15.6. The molecule has 0 saturated carbocycles. The predicted molar refractivity (Wildman–Crippen MR) is 110 cm³/mol. The first-order valence-corrected chi connectivity index (χ1v) is 9.21. The molecule has 0 aliphatic carbocycles. The van der Waals surface area contributed by atoms with Crippen LogP contribution < -0.4 is 5.56 Å². The molecule has 146 valence electrons. The van der Waals surface area contributed by atoms with Gasteiger partial charge in [0.25, 0.3) is 5.56 Å². The van der Waals surface area contributed by atoms with Gasteiger partial charge in [0.05, 0.1) is 30.0 Å². The van der Waals surface area contributed by atoms with Gasteiger partial charge in [-0.05, 0) is 46.8 Å². The van der Waals surface area contributed by atoms with E-state index in [-0.39, 0.29) is 17.7 Å². The second kappa shape index (κ2) is 7.11. The Morgan fingerprint density at radius 3 is 2.43 bits per heavy atom. The smallest absolute Gasteiger partial charge is 0.261 e. The van der Waals surface area contributed by atoms with Crippen molar-refractivity contribution in [2.24, 2.45) is 0 Å². The van der Waals surface area contributed by atoms with Crippen molar-refractivity contribution in [2.75, 3.05) is 0 Å². The third-order valence-corrected chi connectivity index (χ3v) is 5.07. The minimum atomic E-state index is -0.724. The lowest BCUT2D eigenvalue weighted by Crippen LogP contribution is -2.22. The van der Waals surface area contributed by atoms with Gasteiger partial charge in [0, 0.05) is 29.5 Å². The minimum absolute atomic E-state index is 0.196. The average molecular weight is 400 g/mol. The van der Waals surface area contributed by atoms with Crippen molar-refractivity contribution in [3.8, 4) is 11.1 Å². The van der Waals surface area contributed by atoms with Crippen LogP contribution in [-0.2, 0) is 6.54 Å². The van der Waals surface area contributed by atoms with E-state index in [2.05, 4.69) is 15.0 Å². The van der Waals surface area contributed by atoms with Crippen molar-refractivity contribution >= 4 is 21.7 Å². The van der Waals surface area contributed by atoms with Crippen LogP contribution in [0, 0.1) is 11.6 Å². The molecular weight excluding hydrogens is 386 g/mol. The van der Waals surface area contributed by atoms with Crippen molar-refractivity contribution in [1.82, 2.24) is 19.5 Å². The quantitative estimate of drug-likeness (QED) is 0.452. The fourth-order valence-corrected chi connectivity index (χ4v) is 3.48. The maximum atomic E-state index is 14.8. The maximum absolute atomic E-state index is 14.8. The van der Waals surface area contributed by atoms with Crippen molar-refractivity contribution in [3.05, 3.63) is 101 Å². The molecule has 0 bridgehead atoms. The van der Waals surface area contributed by atoms with Crippen LogP contribution in [0.2, 0.25) is 0 Å². The number of fused-ring (bicyclic) bond motifs is 2. The summed E-state index contributed by atoms with van der Waals surface area (Å²) in [5.74, 6) is -1.45. The Bertz CT molecular complexity index is 1460. The third-order valence-electron chi connectivity index (χ3n) is 5.07. The van der Waals surface area contributed by atoms with Gasteiger partial charge in [0.15, 0.2) is 0 Å². The SMILES string of the molecule is O=c1c2ccncc2ncn1Cc1c(F)cc(-c2ccc3ccncc3c2)cc1F. The van der Waals surface area contributed by atoms with Crippen LogP contribution >= 0.6 is 0 Å². The largest absolute Gasteiger partial charge is 0.294 e. The number of halogens is 2. The lowest BCUT2D eigenvalue weighted by atomic mass is 10.0. The van der Waals surface area contributed by atoms with E-state index in [0.717, 1.165) is 10.8 Å². The molecule has 7 heteroatoms. The molecule has 0 aliphatic rings. The summed E-state index contributed by atoms with van der Waals surface area (Å²) in [6.07, 6.45) is 7.61. The van der Waals surface area contributed by atoms with Crippen molar-refractivity contribution in [1.29, 1.82) is 0 Å². The Hall–Kier alpha value is -4.00. The Labute approximate surface area is 169 Å². The molecule has 0 unspecified atom stereocenters. The van der Waals surface area contributed by atoms with Gasteiger partial charge >= 0.3 is 0 Å². The second-order valence-corrected chi connectivity index (χ2v) is 6.93. The average Bonchev–Trinajstić information content (AvgIpc) is 2.77. The summed E-state index contributed by atoms with van der Waals surface area (Å²) < 4.78 is 30.9. The van der Waals surface area contributed by atoms with Crippen LogP contribution in [0.15, 0.2) is 78.4 Å². The highest BCUT2D eigenvalue weighted by molar-refractivity contribution is 5.86. The summed E-state index contributed by atoms with van der Waals surface area (Å²) in [5.41, 5.74) is 0.943. The highest BCUT2D eigenvalue weighted by atomic mass is 19.1. The van der Waals surface area contributed by atoms with E-state index in [1.54, 1.807) is 12.4 Å². The molecule has 2 aromatic carbocycles. The minimum Gasteiger partial charge on any atom is -0.294 e. The Morgan fingerprint density at radius 1 is 0.833 bits per heavy atom. The number of pyridine rings is 2. The molecule has 5 rings (SSSR count). The molecule has 5 aromatic rings. The third kappa shape index (κ3) is 3.10. The van der Waals surface area contributed by atoms with Gasteiger partial charge < -0.3 is 0 Å². The molecule has 0 aliphatic heterocycles. The standard InChI is InChI=1S/C23H14F2N4O/c24-20-8-16(15-2-1-14-3-5-26-10-17(14)7-15)9-21(25)19(20)12-29-13-28-22-11-27-6-4-18(22)23(29)30/h1-11,13H,12H2. The van der Waals surface area contributed by atoms with Crippen LogP contribution in [0.4, 0.5) is 8.78 Å². The summed E-state index contributed by atoms with van der Waals surface area (Å²) in [4.78, 5) is 24.8. The number of benzene rings is 2. The highest BCUT2D eigenvalue weighted by Crippen LogP contribution is 2.27. The molecule has 30 heavy (non-hydrogen) atoms. The van der Waals surface area contributed by atoms with Gasteiger partial charge in [-0.2, -0.15) is 0 Å². The first-order valence-electron chi connectivity index (χ1n) is 9.21. The van der Waals surface area contributed by atoms with E-state index in [4.69, 9.17) is 0 Å². The highest BCUT2D eigenvalue weighted by Gasteiger charge is 2.15. The van der Waals surface area contributed by atoms with Gasteiger partial charge in [-0.3, -0.25) is 19.3 Å². The Morgan fingerprint density at radius 2 is 1.60 bits per heavy atom. The number of hydrogen-bond donors (Lipinski definition) is 0. The monoisotopic (exact) mass is 400 g/mol. The van der Waals surface area contributed by atoms with E-state index in [0.29, 0.717) is 22.0 Å². The van der Waals surface area contributed by atoms with Crippen LogP contribution in [0.5, 0.6) is 0 Å². The summed E-state index contributed by atoms with van der Waals surface area (Å²) in [5, 5.41) is 2.21. The molecule has 3 aromatic heterocycles. The van der Waals surface area contributed by atoms with Gasteiger partial charge in [-0.1, -0.05) is 12.1 Å². The Balaban J connectivity index is 1.54. The zero-order chi connectivity index (χ0) is 20.7. The summed E-state index contributed by atoms with van der Waals surface area (Å²) in [6, 6.07) is 11.5. The molecule has 0 radical (unpaired) electrons. The topological polar surface area (TPSA) is 60.7 Å². The lowest BCUT2D eigenvalue weighted by Gasteiger charge is -2.11. The van der Waals surface area contributed by atoms with Gasteiger partial charge in [0.1, 0.15) is 11.6 Å². The maximum Gasteiger partial charge on any atom is 0.261 e. The van der Waals surface area contributed by atoms with Gasteiger partial charge in [-0.15, -0.1) is 0 Å². The van der Waals surface area contributed by atoms with E-state index in [9.17, 15) is 13.6 Å². The molecule has 0 amide bonds. The molecule has 0 atom stereocenters. The molecule has 3 heterocycles. The van der Waals surface area contributed by atoms with Crippen LogP contribution in [0.25, 0.3) is 32.8 Å². The van der Waals surface area contributed by atoms with Crippen molar-refractivity contribution in [2.45, 2.75) is 6.54 Å². The van der Waals surface area contributed by atoms with Crippen LogP contribution in [0.1, 0.15) is 5.56 Å². The molecule has 0 fully saturated rings. The fourth-order valence-electron chi connectivity index (χ4n) is 3.48. The second-order valence-electron chi connectivity index (χ2n) is 6.93. The van der Waals surface area contributed by atoms with Crippen LogP contribution in [0.3, 0.4) is 0 Å². The van der Waals surface area contributed by atoms with E-state index in [1.165, 1.54) is 41.5 Å². The normalized spacial score (nSPS) is 11.3. The summed E-state index contributed by atoms with van der Waals surface area (Å²) in [7, 11) is 0. The molecule has 5 nitrogen and oxygen atoms in total. The molecule has 0 saturated heterocycles. The Kier molecular flexibility index (Phi) is 4.28. The number of hydrogen-bond acceptors (Lipinski definition) is 4. The van der Waals surface area contributed by atoms with Crippen molar-refractivity contribution in [3.63, 3.8) is 0 Å². The van der Waals surface area contributed by atoms with Crippen molar-refractivity contribution < 1.29 is 8.78 Å². The first kappa shape index (κ1) is 18.1. The molecule has 0 spiro atoms. The summed E-state index contributed by atoms with van der Waals surface area (Å²) in [6.45, 7) is -0.260. The number of aromatic nitrogens is 4. The zero-order valence-electron chi connectivity index (χ0n) is 15.6. The fraction of sp³-hybridized carbons (Fsp3) is 0.0435. The lowest BCUT2D eigenvalue weighted by molar-refractivity contribution is 0.541. The number of rotatable bonds is 3. The van der Waals surface area contributed by atoms with E-state index in [1.807, 2.05) is 24.3 Å². The first-order chi connectivity index (χ1) is 14.6. The van der Waals surface area contributed by atoms with E-state index >= 15 is 0 Å². The van der Waals surface area contributed by atoms with E-state index < -0.39 is 11.6 Å². The summed E-state index contributed by atoms with van der Waals surface area (Å²) >= 11 is 0. The van der Waals surface area contributed by atoms with Crippen LogP contribution in [-0.4, -0.2) is 19.5 Å². The van der Waals surface area contributed by atoms with Gasteiger partial charge in [0.2, 0.25) is 0 Å². The molecule has 0 N–H and O–H groups in total. The number of nitrogens with zero attached hydrogens (tertiary/aromatic N) is 4. The molecular formula is C23H14F2N4O. The van der Waals surface area contributed by atoms with Gasteiger partial charge in [-0.25, -0.2) is 13.8 Å². The predicted octanol–water partition coefficient (Wildman–Crippen LogP) is 4.33.